The van der Waals surface area contributed by atoms with Crippen molar-refractivity contribution in [2.24, 2.45) is 0 Å². The highest BCUT2D eigenvalue weighted by Crippen LogP contribution is 2.22. The van der Waals surface area contributed by atoms with Gasteiger partial charge < -0.3 is 19.9 Å². The van der Waals surface area contributed by atoms with Crippen molar-refractivity contribution in [2.45, 2.75) is 44.6 Å². The average Bonchev–Trinajstić information content (AvgIpc) is 2.83. The molecule has 0 radical (unpaired) electrons. The zero-order valence-electron chi connectivity index (χ0n) is 11.8. The third-order valence-corrected chi connectivity index (χ3v) is 3.78. The molecular weight excluding hydrogens is 242 g/mol. The van der Waals surface area contributed by atoms with Crippen LogP contribution in [0.25, 0.3) is 0 Å². The SMILES string of the molecule is COc1ccc(C(O)C(C)NC2CCOC2C)cc1. The minimum Gasteiger partial charge on any atom is -0.497 e. The topological polar surface area (TPSA) is 50.7 Å². The fourth-order valence-corrected chi connectivity index (χ4v) is 2.47. The van der Waals surface area contributed by atoms with E-state index >= 15 is 0 Å². The number of rotatable bonds is 5. The Morgan fingerprint density at radius 3 is 2.58 bits per heavy atom. The van der Waals surface area contributed by atoms with Crippen molar-refractivity contribution in [3.63, 3.8) is 0 Å². The first-order valence-corrected chi connectivity index (χ1v) is 6.81. The van der Waals surface area contributed by atoms with Crippen molar-refractivity contribution in [1.29, 1.82) is 0 Å². The van der Waals surface area contributed by atoms with Gasteiger partial charge in [0.1, 0.15) is 5.75 Å². The largest absolute Gasteiger partial charge is 0.497 e. The van der Waals surface area contributed by atoms with Gasteiger partial charge in [0.15, 0.2) is 0 Å². The van der Waals surface area contributed by atoms with Gasteiger partial charge in [-0.25, -0.2) is 0 Å². The van der Waals surface area contributed by atoms with Crippen molar-refractivity contribution in [1.82, 2.24) is 5.32 Å². The molecule has 0 aromatic heterocycles. The Labute approximate surface area is 114 Å². The second-order valence-corrected chi connectivity index (χ2v) is 5.14. The summed E-state index contributed by atoms with van der Waals surface area (Å²) in [6.45, 7) is 4.86. The molecule has 2 rings (SSSR count). The highest BCUT2D eigenvalue weighted by molar-refractivity contribution is 5.29. The molecule has 0 aliphatic carbocycles. The predicted molar refractivity (Wildman–Crippen MR) is 74.4 cm³/mol. The summed E-state index contributed by atoms with van der Waals surface area (Å²) in [6.07, 6.45) is 0.685. The van der Waals surface area contributed by atoms with Crippen LogP contribution in [0.5, 0.6) is 5.75 Å². The van der Waals surface area contributed by atoms with Crippen LogP contribution in [0.2, 0.25) is 0 Å². The first-order chi connectivity index (χ1) is 9.11. The van der Waals surface area contributed by atoms with Gasteiger partial charge in [-0.3, -0.25) is 0 Å². The van der Waals surface area contributed by atoms with Crippen molar-refractivity contribution in [3.8, 4) is 5.75 Å². The third-order valence-electron chi connectivity index (χ3n) is 3.78. The van der Waals surface area contributed by atoms with Crippen LogP contribution in [0, 0.1) is 0 Å². The maximum Gasteiger partial charge on any atom is 0.118 e. The lowest BCUT2D eigenvalue weighted by Crippen LogP contribution is -2.43. The van der Waals surface area contributed by atoms with Gasteiger partial charge in [0, 0.05) is 18.7 Å². The van der Waals surface area contributed by atoms with E-state index in [9.17, 15) is 5.11 Å². The van der Waals surface area contributed by atoms with E-state index in [1.807, 2.05) is 31.2 Å². The van der Waals surface area contributed by atoms with E-state index in [1.54, 1.807) is 7.11 Å². The molecule has 1 heterocycles. The molecule has 4 heteroatoms. The van der Waals surface area contributed by atoms with E-state index in [2.05, 4.69) is 12.2 Å². The molecular formula is C15H23NO3. The molecule has 1 saturated heterocycles. The maximum atomic E-state index is 10.4. The van der Waals surface area contributed by atoms with E-state index < -0.39 is 6.10 Å². The van der Waals surface area contributed by atoms with Gasteiger partial charge in [0.05, 0.1) is 19.3 Å². The molecule has 1 aliphatic rings. The molecule has 4 unspecified atom stereocenters. The number of methoxy groups -OCH3 is 1. The molecule has 19 heavy (non-hydrogen) atoms. The van der Waals surface area contributed by atoms with Gasteiger partial charge in [0.2, 0.25) is 0 Å². The summed E-state index contributed by atoms with van der Waals surface area (Å²) in [7, 11) is 1.64. The third kappa shape index (κ3) is 3.47. The second-order valence-electron chi connectivity index (χ2n) is 5.14. The molecule has 0 spiro atoms. The van der Waals surface area contributed by atoms with E-state index in [0.717, 1.165) is 24.3 Å². The quantitative estimate of drug-likeness (QED) is 0.853. The van der Waals surface area contributed by atoms with Crippen LogP contribution in [-0.4, -0.2) is 37.0 Å². The van der Waals surface area contributed by atoms with Gasteiger partial charge >= 0.3 is 0 Å². The minimum absolute atomic E-state index is 0.0115. The number of hydrogen-bond acceptors (Lipinski definition) is 4. The van der Waals surface area contributed by atoms with E-state index in [4.69, 9.17) is 9.47 Å². The van der Waals surface area contributed by atoms with Crippen LogP contribution in [0.3, 0.4) is 0 Å². The lowest BCUT2D eigenvalue weighted by Gasteiger charge is -2.26. The number of hydrogen-bond donors (Lipinski definition) is 2. The summed E-state index contributed by atoms with van der Waals surface area (Å²) in [5.41, 5.74) is 0.896. The minimum atomic E-state index is -0.529. The first-order valence-electron chi connectivity index (χ1n) is 6.81. The summed E-state index contributed by atoms with van der Waals surface area (Å²) >= 11 is 0. The average molecular weight is 265 g/mol. The van der Waals surface area contributed by atoms with Gasteiger partial charge in [-0.1, -0.05) is 12.1 Å². The van der Waals surface area contributed by atoms with Gasteiger partial charge in [-0.2, -0.15) is 0 Å². The van der Waals surface area contributed by atoms with Crippen molar-refractivity contribution in [2.75, 3.05) is 13.7 Å². The number of nitrogens with one attached hydrogen (secondary N) is 1. The fraction of sp³-hybridized carbons (Fsp3) is 0.600. The number of benzene rings is 1. The summed E-state index contributed by atoms with van der Waals surface area (Å²) in [5.74, 6) is 0.800. The van der Waals surface area contributed by atoms with Crippen molar-refractivity contribution in [3.05, 3.63) is 29.8 Å². The first kappa shape index (κ1) is 14.3. The Hall–Kier alpha value is -1.10. The van der Waals surface area contributed by atoms with Crippen molar-refractivity contribution < 1.29 is 14.6 Å². The van der Waals surface area contributed by atoms with Gasteiger partial charge in [-0.15, -0.1) is 0 Å². The number of aliphatic hydroxyl groups is 1. The van der Waals surface area contributed by atoms with Gasteiger partial charge in [-0.05, 0) is 38.0 Å². The molecule has 2 N–H and O–H groups in total. The van der Waals surface area contributed by atoms with Crippen molar-refractivity contribution >= 4 is 0 Å². The smallest absolute Gasteiger partial charge is 0.118 e. The monoisotopic (exact) mass is 265 g/mol. The van der Waals surface area contributed by atoms with Crippen LogP contribution in [0.4, 0.5) is 0 Å². The highest BCUT2D eigenvalue weighted by atomic mass is 16.5. The molecule has 1 fully saturated rings. The van der Waals surface area contributed by atoms with Gasteiger partial charge in [0.25, 0.3) is 0 Å². The molecule has 4 nitrogen and oxygen atoms in total. The molecule has 0 bridgehead atoms. The van der Waals surface area contributed by atoms with Crippen LogP contribution in [-0.2, 0) is 4.74 Å². The molecule has 0 saturated carbocycles. The lowest BCUT2D eigenvalue weighted by molar-refractivity contribution is 0.0937. The predicted octanol–water partition coefficient (Wildman–Crippen LogP) is 1.88. The molecule has 4 atom stereocenters. The van der Waals surface area contributed by atoms with Crippen LogP contribution >= 0.6 is 0 Å². The summed E-state index contributed by atoms with van der Waals surface area (Å²) in [4.78, 5) is 0. The van der Waals surface area contributed by atoms with E-state index in [0.29, 0.717) is 6.04 Å². The molecule has 1 aromatic rings. The second kappa shape index (κ2) is 6.37. The standard InChI is InChI=1S/C15H23NO3/c1-10(16-14-8-9-19-11(14)2)15(17)12-4-6-13(18-3)7-5-12/h4-7,10-11,14-17H,8-9H2,1-3H3. The Balaban J connectivity index is 1.95. The summed E-state index contributed by atoms with van der Waals surface area (Å²) < 4.78 is 10.6. The zero-order chi connectivity index (χ0) is 13.8. The lowest BCUT2D eigenvalue weighted by atomic mass is 10.0. The summed E-state index contributed by atoms with van der Waals surface area (Å²) in [5, 5.41) is 13.8. The molecule has 0 amide bonds. The summed E-state index contributed by atoms with van der Waals surface area (Å²) in [6, 6.07) is 7.84. The van der Waals surface area contributed by atoms with E-state index in [-0.39, 0.29) is 12.1 Å². The number of aliphatic hydroxyl groups excluding tert-OH is 1. The Morgan fingerprint density at radius 2 is 2.05 bits per heavy atom. The Kier molecular flexibility index (Phi) is 4.80. The zero-order valence-corrected chi connectivity index (χ0v) is 11.8. The Morgan fingerprint density at radius 1 is 1.37 bits per heavy atom. The van der Waals surface area contributed by atoms with Crippen LogP contribution in [0.1, 0.15) is 31.9 Å². The molecule has 1 aliphatic heterocycles. The highest BCUT2D eigenvalue weighted by Gasteiger charge is 2.27. The number of ether oxygens (including phenoxy) is 2. The fourth-order valence-electron chi connectivity index (χ4n) is 2.47. The molecule has 1 aromatic carbocycles. The Bertz CT molecular complexity index is 393. The normalized spacial score (nSPS) is 26.1. The van der Waals surface area contributed by atoms with Crippen LogP contribution in [0.15, 0.2) is 24.3 Å². The van der Waals surface area contributed by atoms with E-state index in [1.165, 1.54) is 0 Å². The van der Waals surface area contributed by atoms with Crippen LogP contribution < -0.4 is 10.1 Å². The maximum absolute atomic E-state index is 10.4. The molecule has 106 valence electrons.